The molecule has 2 aromatic heterocycles. The molecule has 3 heterocycles. The van der Waals surface area contributed by atoms with Crippen molar-refractivity contribution in [2.24, 2.45) is 0 Å². The van der Waals surface area contributed by atoms with Gasteiger partial charge in [0, 0.05) is 62.5 Å². The average Bonchev–Trinajstić information content (AvgIpc) is 3.03. The molecule has 0 bridgehead atoms. The van der Waals surface area contributed by atoms with Crippen LogP contribution in [0.2, 0.25) is 0 Å². The van der Waals surface area contributed by atoms with Gasteiger partial charge in [0.25, 0.3) is 0 Å². The Kier molecular flexibility index (Phi) is 3.10. The highest BCUT2D eigenvalue weighted by molar-refractivity contribution is 5.54. The summed E-state index contributed by atoms with van der Waals surface area (Å²) in [6.07, 6.45) is 3.19. The lowest BCUT2D eigenvalue weighted by Crippen LogP contribution is -2.46. The van der Waals surface area contributed by atoms with Crippen LogP contribution in [-0.2, 0) is 6.54 Å². The fourth-order valence-electron chi connectivity index (χ4n) is 2.77. The molecule has 1 saturated heterocycles. The van der Waals surface area contributed by atoms with Crippen molar-refractivity contribution in [2.45, 2.75) is 6.54 Å². The van der Waals surface area contributed by atoms with Crippen LogP contribution >= 0.6 is 0 Å². The van der Waals surface area contributed by atoms with Crippen molar-refractivity contribution < 1.29 is 5.48 Å². The second kappa shape index (κ2) is 6.80. The third-order valence-corrected chi connectivity index (χ3v) is 4.04. The molecular formula is C18H20N6. The first-order chi connectivity index (χ1) is 13.5. The van der Waals surface area contributed by atoms with Gasteiger partial charge in [-0.3, -0.25) is 4.90 Å². The summed E-state index contributed by atoms with van der Waals surface area (Å²) in [5, 5.41) is 0. The molecule has 122 valence electrons. The standard InChI is InChI=1S/C18H20N6/c1-2-5-15(6-3-1)17-21-13-16(22-17)14-23-9-11-24(12-10-23)18-19-7-4-8-20-18/h1-8,13H,9-12,14H2,(H,21,22)/i2T,3T,4T,13T. The monoisotopic (exact) mass is 328 g/mol. The Hall–Kier alpha value is -2.73. The summed E-state index contributed by atoms with van der Waals surface area (Å²) >= 11 is 0. The highest BCUT2D eigenvalue weighted by Gasteiger charge is 2.19. The number of benzene rings is 1. The molecule has 1 N–H and O–H groups in total. The number of rotatable bonds is 4. The molecule has 3 aromatic rings. The van der Waals surface area contributed by atoms with E-state index < -0.39 is 0 Å². The van der Waals surface area contributed by atoms with Gasteiger partial charge in [-0.2, -0.15) is 0 Å². The normalized spacial score (nSPS) is 17.9. The van der Waals surface area contributed by atoms with Crippen molar-refractivity contribution in [3.63, 3.8) is 0 Å². The number of piperazine rings is 1. The number of nitrogens with one attached hydrogen (secondary N) is 1. The predicted molar refractivity (Wildman–Crippen MR) is 93.5 cm³/mol. The summed E-state index contributed by atoms with van der Waals surface area (Å²) in [7, 11) is 0. The fraction of sp³-hybridized carbons (Fsp3) is 0.278. The van der Waals surface area contributed by atoms with E-state index in [4.69, 9.17) is 5.48 Å². The van der Waals surface area contributed by atoms with E-state index >= 15 is 0 Å². The number of imidazole rings is 1. The van der Waals surface area contributed by atoms with E-state index in [0.717, 1.165) is 31.9 Å². The highest BCUT2D eigenvalue weighted by atomic mass is 15.3. The zero-order valence-corrected chi connectivity index (χ0v) is 13.2. The molecule has 1 aromatic carbocycles. The summed E-state index contributed by atoms with van der Waals surface area (Å²) in [6, 6.07) is 5.55. The number of anilines is 1. The van der Waals surface area contributed by atoms with Crippen molar-refractivity contribution in [1.29, 1.82) is 0 Å². The summed E-state index contributed by atoms with van der Waals surface area (Å²) < 4.78 is 31.1. The van der Waals surface area contributed by atoms with Gasteiger partial charge >= 0.3 is 0 Å². The zero-order chi connectivity index (χ0) is 19.7. The molecule has 0 unspecified atom stereocenters. The van der Waals surface area contributed by atoms with Gasteiger partial charge in [0.1, 0.15) is 5.82 Å². The van der Waals surface area contributed by atoms with Gasteiger partial charge in [0.15, 0.2) is 0 Å². The molecule has 0 amide bonds. The molecular weight excluding hydrogens is 300 g/mol. The average molecular weight is 328 g/mol. The molecule has 4 rings (SSSR count). The van der Waals surface area contributed by atoms with Crippen molar-refractivity contribution in [2.75, 3.05) is 31.1 Å². The van der Waals surface area contributed by atoms with Crippen molar-refractivity contribution in [1.82, 2.24) is 24.8 Å². The van der Waals surface area contributed by atoms with Crippen LogP contribution < -0.4 is 4.90 Å². The highest BCUT2D eigenvalue weighted by Crippen LogP contribution is 2.16. The van der Waals surface area contributed by atoms with Crippen LogP contribution in [0.5, 0.6) is 0 Å². The van der Waals surface area contributed by atoms with Gasteiger partial charge in [0.2, 0.25) is 5.95 Å². The van der Waals surface area contributed by atoms with E-state index in [1.807, 2.05) is 0 Å². The van der Waals surface area contributed by atoms with E-state index in [2.05, 4.69) is 29.7 Å². The molecule has 1 aliphatic rings. The minimum atomic E-state index is 0.189. The molecule has 1 aliphatic heterocycles. The number of hydrogen-bond donors (Lipinski definition) is 1. The lowest BCUT2D eigenvalue weighted by atomic mass is 10.2. The van der Waals surface area contributed by atoms with Crippen molar-refractivity contribution in [3.05, 3.63) is 60.6 Å². The molecule has 0 aliphatic carbocycles. The molecule has 0 radical (unpaired) electrons. The SMILES string of the molecule is [3H]c1cnc(N2CCN(Cc3[nH]c(-c4cc([3H])cc([3H])c4)nc3[3H])CC2)nc1. The second-order valence-corrected chi connectivity index (χ2v) is 5.64. The first-order valence-electron chi connectivity index (χ1n) is 9.88. The summed E-state index contributed by atoms with van der Waals surface area (Å²) in [5.41, 5.74) is 1.37. The number of nitrogens with zero attached hydrogens (tertiary/aromatic N) is 5. The molecule has 0 spiro atoms. The van der Waals surface area contributed by atoms with Crippen LogP contribution in [0.1, 0.15) is 11.2 Å². The lowest BCUT2D eigenvalue weighted by molar-refractivity contribution is 0.246. The van der Waals surface area contributed by atoms with E-state index in [0.29, 0.717) is 29.9 Å². The zero-order valence-electron chi connectivity index (χ0n) is 17.2. The number of hydrogen-bond acceptors (Lipinski definition) is 5. The smallest absolute Gasteiger partial charge is 0.225 e. The number of H-pyrrole nitrogens is 1. The van der Waals surface area contributed by atoms with Crippen LogP contribution in [-0.4, -0.2) is 51.0 Å². The van der Waals surface area contributed by atoms with E-state index in [1.165, 1.54) is 18.5 Å². The van der Waals surface area contributed by atoms with E-state index in [1.54, 1.807) is 12.1 Å². The van der Waals surface area contributed by atoms with Gasteiger partial charge in [-0.05, 0) is 6.04 Å². The Labute approximate surface area is 146 Å². The number of aromatic nitrogens is 4. The van der Waals surface area contributed by atoms with Crippen LogP contribution in [0.15, 0.2) is 54.9 Å². The minimum absolute atomic E-state index is 0.189. The fourth-order valence-corrected chi connectivity index (χ4v) is 2.77. The van der Waals surface area contributed by atoms with E-state index in [9.17, 15) is 0 Å². The summed E-state index contributed by atoms with van der Waals surface area (Å²) in [6.45, 7) is 3.74. The molecule has 1 fully saturated rings. The predicted octanol–water partition coefficient (Wildman–Crippen LogP) is 2.19. The lowest BCUT2D eigenvalue weighted by Gasteiger charge is -2.34. The third kappa shape index (κ3) is 3.28. The summed E-state index contributed by atoms with van der Waals surface area (Å²) in [4.78, 5) is 20.2. The molecule has 0 saturated carbocycles. The van der Waals surface area contributed by atoms with Gasteiger partial charge in [-0.1, -0.05) is 30.3 Å². The topological polar surface area (TPSA) is 60.9 Å². The Bertz CT molecular complexity index is 946. The maximum absolute atomic E-state index is 8.15. The minimum Gasteiger partial charge on any atom is -0.341 e. The molecule has 6 heteroatoms. The van der Waals surface area contributed by atoms with Crippen LogP contribution in [0.3, 0.4) is 0 Å². The largest absolute Gasteiger partial charge is 0.341 e. The van der Waals surface area contributed by atoms with Crippen LogP contribution in [0.4, 0.5) is 5.95 Å². The maximum Gasteiger partial charge on any atom is 0.225 e. The van der Waals surface area contributed by atoms with Gasteiger partial charge in [0.05, 0.1) is 5.48 Å². The molecule has 0 atom stereocenters. The third-order valence-electron chi connectivity index (χ3n) is 4.04. The molecule has 6 nitrogen and oxygen atoms in total. The van der Waals surface area contributed by atoms with Gasteiger partial charge in [-0.25, -0.2) is 15.0 Å². The van der Waals surface area contributed by atoms with Gasteiger partial charge in [-0.15, -0.1) is 0 Å². The first-order valence-corrected chi connectivity index (χ1v) is 7.88. The Balaban J connectivity index is 1.41. The van der Waals surface area contributed by atoms with E-state index in [-0.39, 0.29) is 18.3 Å². The van der Waals surface area contributed by atoms with Crippen molar-refractivity contribution in [3.8, 4) is 11.4 Å². The Morgan fingerprint density at radius 1 is 1.00 bits per heavy atom. The Morgan fingerprint density at radius 3 is 2.50 bits per heavy atom. The van der Waals surface area contributed by atoms with Crippen molar-refractivity contribution >= 4 is 5.95 Å². The molecule has 24 heavy (non-hydrogen) atoms. The van der Waals surface area contributed by atoms with Crippen LogP contribution in [0.25, 0.3) is 11.4 Å². The summed E-state index contributed by atoms with van der Waals surface area (Å²) in [5.74, 6) is 1.16. The second-order valence-electron chi connectivity index (χ2n) is 5.64. The first kappa shape index (κ1) is 10.9. The quantitative estimate of drug-likeness (QED) is 0.795. The Morgan fingerprint density at radius 2 is 1.75 bits per heavy atom. The number of aromatic amines is 1. The van der Waals surface area contributed by atoms with Crippen LogP contribution in [0, 0.1) is 0 Å². The van der Waals surface area contributed by atoms with Gasteiger partial charge < -0.3 is 9.88 Å². The maximum atomic E-state index is 8.15.